The zero-order valence-corrected chi connectivity index (χ0v) is 16.1. The summed E-state index contributed by atoms with van der Waals surface area (Å²) in [5.74, 6) is -0.00654. The summed E-state index contributed by atoms with van der Waals surface area (Å²) in [5.41, 5.74) is 7.10. The number of nitrogens with one attached hydrogen (secondary N) is 2. The van der Waals surface area contributed by atoms with E-state index in [0.717, 1.165) is 49.9 Å². The SMILES string of the molecule is CC1CCCC/C1=N\NC(=O)c1ccc(C(=O)N/N=C2\CCCCC2C)o1. The Morgan fingerprint density at radius 3 is 1.70 bits per heavy atom. The maximum absolute atomic E-state index is 12.2. The molecule has 1 aromatic heterocycles. The number of hydrogen-bond donors (Lipinski definition) is 2. The average molecular weight is 372 g/mol. The Balaban J connectivity index is 1.57. The monoisotopic (exact) mass is 372 g/mol. The van der Waals surface area contributed by atoms with Gasteiger partial charge in [0.15, 0.2) is 11.5 Å². The van der Waals surface area contributed by atoms with Crippen LogP contribution in [-0.4, -0.2) is 23.2 Å². The van der Waals surface area contributed by atoms with Gasteiger partial charge in [-0.3, -0.25) is 9.59 Å². The van der Waals surface area contributed by atoms with E-state index in [-0.39, 0.29) is 11.5 Å². The van der Waals surface area contributed by atoms with Crippen molar-refractivity contribution >= 4 is 23.2 Å². The fourth-order valence-electron chi connectivity index (χ4n) is 3.61. The van der Waals surface area contributed by atoms with Gasteiger partial charge in [-0.25, -0.2) is 10.9 Å². The molecule has 0 bridgehead atoms. The second-order valence-corrected chi connectivity index (χ2v) is 7.55. The molecule has 2 unspecified atom stereocenters. The maximum atomic E-state index is 12.2. The van der Waals surface area contributed by atoms with Crippen molar-refractivity contribution in [2.45, 2.75) is 65.2 Å². The van der Waals surface area contributed by atoms with Gasteiger partial charge in [-0.15, -0.1) is 0 Å². The highest BCUT2D eigenvalue weighted by atomic mass is 16.4. The molecule has 0 aliphatic heterocycles. The maximum Gasteiger partial charge on any atom is 0.307 e. The number of carbonyl (C=O) groups is 2. The number of hydrogen-bond acceptors (Lipinski definition) is 5. The molecule has 3 rings (SSSR count). The zero-order chi connectivity index (χ0) is 19.2. The van der Waals surface area contributed by atoms with Gasteiger partial charge in [0.1, 0.15) is 0 Å². The van der Waals surface area contributed by atoms with Crippen molar-refractivity contribution in [3.63, 3.8) is 0 Å². The van der Waals surface area contributed by atoms with Crippen molar-refractivity contribution in [3.8, 4) is 0 Å². The van der Waals surface area contributed by atoms with Crippen molar-refractivity contribution in [1.29, 1.82) is 0 Å². The number of hydrazone groups is 2. The van der Waals surface area contributed by atoms with Crippen LogP contribution in [0.25, 0.3) is 0 Å². The molecule has 7 heteroatoms. The average Bonchev–Trinajstić information content (AvgIpc) is 3.17. The summed E-state index contributed by atoms with van der Waals surface area (Å²) in [5, 5.41) is 8.47. The van der Waals surface area contributed by atoms with Gasteiger partial charge in [-0.2, -0.15) is 10.2 Å². The van der Waals surface area contributed by atoms with Gasteiger partial charge in [0.25, 0.3) is 0 Å². The van der Waals surface area contributed by atoms with Crippen LogP contribution < -0.4 is 10.9 Å². The molecule has 0 radical (unpaired) electrons. The van der Waals surface area contributed by atoms with Gasteiger partial charge in [-0.1, -0.05) is 26.7 Å². The molecule has 2 atom stereocenters. The number of carbonyl (C=O) groups excluding carboxylic acids is 2. The molecule has 2 amide bonds. The Kier molecular flexibility index (Phi) is 6.42. The minimum Gasteiger partial charge on any atom is -0.446 e. The van der Waals surface area contributed by atoms with Crippen molar-refractivity contribution in [2.24, 2.45) is 22.0 Å². The molecule has 2 N–H and O–H groups in total. The van der Waals surface area contributed by atoms with Gasteiger partial charge in [0, 0.05) is 11.4 Å². The lowest BCUT2D eigenvalue weighted by Crippen LogP contribution is -2.24. The van der Waals surface area contributed by atoms with E-state index >= 15 is 0 Å². The van der Waals surface area contributed by atoms with Crippen LogP contribution in [0.2, 0.25) is 0 Å². The van der Waals surface area contributed by atoms with E-state index in [1.165, 1.54) is 25.0 Å². The van der Waals surface area contributed by atoms with Gasteiger partial charge in [-0.05, 0) is 62.5 Å². The minimum atomic E-state index is -0.452. The normalized spacial score (nSPS) is 26.1. The quantitative estimate of drug-likeness (QED) is 0.785. The number of amides is 2. The van der Waals surface area contributed by atoms with E-state index in [9.17, 15) is 9.59 Å². The molecule has 1 aromatic rings. The minimum absolute atomic E-state index is 0.0617. The summed E-state index contributed by atoms with van der Waals surface area (Å²) in [4.78, 5) is 24.4. The Morgan fingerprint density at radius 1 is 0.852 bits per heavy atom. The van der Waals surface area contributed by atoms with E-state index in [1.807, 2.05) is 0 Å². The fraction of sp³-hybridized carbons (Fsp3) is 0.600. The Hall–Kier alpha value is -2.44. The summed E-state index contributed by atoms with van der Waals surface area (Å²) < 4.78 is 5.38. The summed E-state index contributed by atoms with van der Waals surface area (Å²) >= 11 is 0. The van der Waals surface area contributed by atoms with Crippen molar-refractivity contribution < 1.29 is 14.0 Å². The van der Waals surface area contributed by atoms with Crippen LogP contribution in [-0.2, 0) is 0 Å². The first kappa shape index (κ1) is 19.3. The molecule has 2 aliphatic carbocycles. The van der Waals surface area contributed by atoms with Crippen molar-refractivity contribution in [2.75, 3.05) is 0 Å². The second kappa shape index (κ2) is 8.97. The Labute approximate surface area is 159 Å². The molecule has 2 saturated carbocycles. The molecular weight excluding hydrogens is 344 g/mol. The largest absolute Gasteiger partial charge is 0.446 e. The lowest BCUT2D eigenvalue weighted by Gasteiger charge is -2.19. The second-order valence-electron chi connectivity index (χ2n) is 7.55. The van der Waals surface area contributed by atoms with Crippen LogP contribution in [0, 0.1) is 11.8 Å². The molecule has 27 heavy (non-hydrogen) atoms. The molecule has 7 nitrogen and oxygen atoms in total. The molecule has 0 spiro atoms. The van der Waals surface area contributed by atoms with Crippen LogP contribution in [0.5, 0.6) is 0 Å². The summed E-state index contributed by atoms with van der Waals surface area (Å²) in [6, 6.07) is 2.95. The predicted molar refractivity (Wildman–Crippen MR) is 104 cm³/mol. The number of furan rings is 1. The van der Waals surface area contributed by atoms with Crippen molar-refractivity contribution in [3.05, 3.63) is 23.7 Å². The first-order valence-electron chi connectivity index (χ1n) is 9.88. The van der Waals surface area contributed by atoms with Gasteiger partial charge in [0.05, 0.1) is 0 Å². The third-order valence-electron chi connectivity index (χ3n) is 5.43. The van der Waals surface area contributed by atoms with Crippen LogP contribution >= 0.6 is 0 Å². The van der Waals surface area contributed by atoms with Crippen LogP contribution in [0.3, 0.4) is 0 Å². The van der Waals surface area contributed by atoms with Gasteiger partial charge >= 0.3 is 11.8 Å². The molecule has 2 fully saturated rings. The molecule has 0 aromatic carbocycles. The predicted octanol–water partition coefficient (Wildman–Crippen LogP) is 3.87. The highest BCUT2D eigenvalue weighted by Gasteiger charge is 2.19. The van der Waals surface area contributed by atoms with E-state index in [1.54, 1.807) is 0 Å². The Bertz CT molecular complexity index is 690. The number of rotatable bonds is 4. The summed E-state index contributed by atoms with van der Waals surface area (Å²) in [6.07, 6.45) is 8.62. The van der Waals surface area contributed by atoms with E-state index in [2.05, 4.69) is 34.9 Å². The lowest BCUT2D eigenvalue weighted by molar-refractivity contribution is 0.0901. The van der Waals surface area contributed by atoms with Crippen molar-refractivity contribution in [1.82, 2.24) is 10.9 Å². The molecule has 2 aliphatic rings. The first-order valence-corrected chi connectivity index (χ1v) is 9.88. The molecule has 146 valence electrons. The fourth-order valence-corrected chi connectivity index (χ4v) is 3.61. The lowest BCUT2D eigenvalue weighted by atomic mass is 9.89. The van der Waals surface area contributed by atoms with Gasteiger partial charge < -0.3 is 4.42 Å². The smallest absolute Gasteiger partial charge is 0.307 e. The zero-order valence-electron chi connectivity index (χ0n) is 16.1. The topological polar surface area (TPSA) is 96.1 Å². The van der Waals surface area contributed by atoms with E-state index in [0.29, 0.717) is 11.8 Å². The highest BCUT2D eigenvalue weighted by molar-refractivity contribution is 5.97. The number of nitrogens with zero attached hydrogens (tertiary/aromatic N) is 2. The summed E-state index contributed by atoms with van der Waals surface area (Å²) in [6.45, 7) is 4.24. The van der Waals surface area contributed by atoms with Crippen LogP contribution in [0.4, 0.5) is 0 Å². The highest BCUT2D eigenvalue weighted by Crippen LogP contribution is 2.21. The van der Waals surface area contributed by atoms with Crippen LogP contribution in [0.1, 0.15) is 86.3 Å². The standard InChI is InChI=1S/C20H28N4O3/c1-13-7-3-5-9-15(13)21-23-19(25)17-11-12-18(27-17)20(26)24-22-16-10-6-4-8-14(16)2/h11-14H,3-10H2,1-2H3,(H,23,25)(H,24,26)/b21-15+,22-16+. The van der Waals surface area contributed by atoms with Crippen LogP contribution in [0.15, 0.2) is 26.8 Å². The third-order valence-corrected chi connectivity index (χ3v) is 5.43. The third kappa shape index (κ3) is 5.05. The molecule has 0 saturated heterocycles. The Morgan fingerprint density at radius 2 is 1.30 bits per heavy atom. The molecular formula is C20H28N4O3. The van der Waals surface area contributed by atoms with E-state index < -0.39 is 11.8 Å². The summed E-state index contributed by atoms with van der Waals surface area (Å²) in [7, 11) is 0. The molecule has 1 heterocycles. The van der Waals surface area contributed by atoms with E-state index in [4.69, 9.17) is 4.42 Å². The first-order chi connectivity index (χ1) is 13.0. The van der Waals surface area contributed by atoms with Gasteiger partial charge in [0.2, 0.25) is 0 Å².